The minimum atomic E-state index is 0.497. The molecule has 4 heteroatoms. The molecular weight excluding hydrogens is 222 g/mol. The number of aromatic nitrogens is 2. The highest BCUT2D eigenvalue weighted by atomic mass is 35.5. The normalized spacial score (nSPS) is 23.9. The highest BCUT2D eigenvalue weighted by Crippen LogP contribution is 2.36. The Morgan fingerprint density at radius 3 is 2.88 bits per heavy atom. The van der Waals surface area contributed by atoms with Crippen molar-refractivity contribution < 1.29 is 0 Å². The van der Waals surface area contributed by atoms with E-state index in [9.17, 15) is 0 Å². The third-order valence-electron chi connectivity index (χ3n) is 3.55. The van der Waals surface area contributed by atoms with Crippen LogP contribution in [0.25, 0.3) is 0 Å². The maximum absolute atomic E-state index is 5.94. The number of nitrogens with zero attached hydrogens (tertiary/aromatic N) is 2. The van der Waals surface area contributed by atoms with E-state index >= 15 is 0 Å². The molecule has 90 valence electrons. The quantitative estimate of drug-likeness (QED) is 0.882. The highest BCUT2D eigenvalue weighted by molar-refractivity contribution is 6.29. The Balaban J connectivity index is 1.87. The van der Waals surface area contributed by atoms with E-state index in [1.165, 1.54) is 19.3 Å². The van der Waals surface area contributed by atoms with Gasteiger partial charge in [-0.25, -0.2) is 4.98 Å². The topological polar surface area (TPSA) is 29.9 Å². The Morgan fingerprint density at radius 2 is 2.38 bits per heavy atom. The summed E-state index contributed by atoms with van der Waals surface area (Å²) in [5.74, 6) is 1.01. The summed E-state index contributed by atoms with van der Waals surface area (Å²) >= 11 is 5.94. The van der Waals surface area contributed by atoms with E-state index < -0.39 is 0 Å². The van der Waals surface area contributed by atoms with E-state index in [2.05, 4.69) is 24.1 Å². The van der Waals surface area contributed by atoms with Gasteiger partial charge in [-0.3, -0.25) is 0 Å². The van der Waals surface area contributed by atoms with Gasteiger partial charge in [0.05, 0.1) is 12.7 Å². The van der Waals surface area contributed by atoms with Crippen LogP contribution in [0, 0.1) is 5.41 Å². The molecule has 0 radical (unpaired) electrons. The summed E-state index contributed by atoms with van der Waals surface area (Å²) in [6.07, 6.45) is 5.54. The van der Waals surface area contributed by atoms with Crippen LogP contribution >= 0.6 is 11.6 Å². The Labute approximate surface area is 102 Å². The molecule has 1 aliphatic rings. The second-order valence-corrected chi connectivity index (χ2v) is 5.93. The third-order valence-corrected chi connectivity index (χ3v) is 3.90. The molecule has 1 aromatic heterocycles. The fourth-order valence-electron chi connectivity index (χ4n) is 2.43. The van der Waals surface area contributed by atoms with Crippen LogP contribution in [0.4, 0.5) is 0 Å². The van der Waals surface area contributed by atoms with Crippen molar-refractivity contribution in [2.24, 2.45) is 12.5 Å². The third kappa shape index (κ3) is 2.58. The molecule has 1 saturated carbocycles. The van der Waals surface area contributed by atoms with Crippen molar-refractivity contribution >= 4 is 11.6 Å². The van der Waals surface area contributed by atoms with Crippen molar-refractivity contribution in [3.63, 3.8) is 0 Å². The lowest BCUT2D eigenvalue weighted by atomic mass is 9.92. The zero-order chi connectivity index (χ0) is 11.8. The van der Waals surface area contributed by atoms with E-state index in [0.29, 0.717) is 16.6 Å². The lowest BCUT2D eigenvalue weighted by Crippen LogP contribution is -2.28. The molecule has 1 aliphatic carbocycles. The number of halogens is 1. The van der Waals surface area contributed by atoms with E-state index in [4.69, 9.17) is 11.6 Å². The molecule has 0 amide bonds. The van der Waals surface area contributed by atoms with Gasteiger partial charge in [0.2, 0.25) is 0 Å². The average molecular weight is 242 g/mol. The van der Waals surface area contributed by atoms with Crippen LogP contribution in [0.1, 0.15) is 38.9 Å². The van der Waals surface area contributed by atoms with Crippen LogP contribution in [0.5, 0.6) is 0 Å². The molecule has 1 aromatic rings. The van der Waals surface area contributed by atoms with Crippen molar-refractivity contribution in [2.45, 2.75) is 45.7 Å². The summed E-state index contributed by atoms with van der Waals surface area (Å²) in [5.41, 5.74) is 0.497. The molecule has 0 saturated heterocycles. The summed E-state index contributed by atoms with van der Waals surface area (Å²) < 4.78 is 1.93. The smallest absolute Gasteiger partial charge is 0.128 e. The number of imidazole rings is 1. The molecule has 1 atom stereocenters. The highest BCUT2D eigenvalue weighted by Gasteiger charge is 2.30. The molecule has 0 aromatic carbocycles. The zero-order valence-electron chi connectivity index (χ0n) is 10.3. The van der Waals surface area contributed by atoms with Gasteiger partial charge in [-0.1, -0.05) is 25.4 Å². The van der Waals surface area contributed by atoms with Crippen LogP contribution in [0.15, 0.2) is 6.20 Å². The predicted molar refractivity (Wildman–Crippen MR) is 66.5 cm³/mol. The Bertz CT molecular complexity index is 370. The molecule has 0 aliphatic heterocycles. The molecule has 1 heterocycles. The monoisotopic (exact) mass is 241 g/mol. The van der Waals surface area contributed by atoms with E-state index in [1.807, 2.05) is 11.6 Å². The Kier molecular flexibility index (Phi) is 3.27. The molecule has 1 fully saturated rings. The maximum Gasteiger partial charge on any atom is 0.128 e. The lowest BCUT2D eigenvalue weighted by Gasteiger charge is -2.17. The number of nitrogens with one attached hydrogen (secondary N) is 1. The number of hydrogen-bond acceptors (Lipinski definition) is 2. The van der Waals surface area contributed by atoms with Gasteiger partial charge in [-0.05, 0) is 24.7 Å². The first-order valence-corrected chi connectivity index (χ1v) is 6.25. The molecule has 1 N–H and O–H groups in total. The van der Waals surface area contributed by atoms with Gasteiger partial charge in [0.15, 0.2) is 0 Å². The Morgan fingerprint density at radius 1 is 1.62 bits per heavy atom. The second-order valence-electron chi connectivity index (χ2n) is 5.54. The van der Waals surface area contributed by atoms with Gasteiger partial charge in [0.25, 0.3) is 0 Å². The van der Waals surface area contributed by atoms with E-state index in [1.54, 1.807) is 6.20 Å². The first-order valence-electron chi connectivity index (χ1n) is 5.87. The van der Waals surface area contributed by atoms with Gasteiger partial charge in [0, 0.05) is 13.1 Å². The molecule has 3 nitrogen and oxygen atoms in total. The van der Waals surface area contributed by atoms with Gasteiger partial charge in [-0.15, -0.1) is 0 Å². The molecule has 16 heavy (non-hydrogen) atoms. The number of hydrogen-bond donors (Lipinski definition) is 1. The van der Waals surface area contributed by atoms with Crippen LogP contribution < -0.4 is 5.32 Å². The molecule has 0 spiro atoms. The van der Waals surface area contributed by atoms with Gasteiger partial charge in [0.1, 0.15) is 11.0 Å². The van der Waals surface area contributed by atoms with Crippen molar-refractivity contribution in [1.29, 1.82) is 0 Å². The first-order chi connectivity index (χ1) is 7.48. The van der Waals surface area contributed by atoms with Gasteiger partial charge >= 0.3 is 0 Å². The first kappa shape index (κ1) is 11.9. The summed E-state index contributed by atoms with van der Waals surface area (Å²) in [6.45, 7) is 5.49. The fraction of sp³-hybridized carbons (Fsp3) is 0.750. The number of rotatable bonds is 3. The summed E-state index contributed by atoms with van der Waals surface area (Å²) in [7, 11) is 1.95. The fourth-order valence-corrected chi connectivity index (χ4v) is 2.58. The summed E-state index contributed by atoms with van der Waals surface area (Å²) in [4.78, 5) is 4.28. The minimum absolute atomic E-state index is 0.497. The maximum atomic E-state index is 5.94. The minimum Gasteiger partial charge on any atom is -0.321 e. The largest absolute Gasteiger partial charge is 0.321 e. The molecule has 2 rings (SSSR count). The van der Waals surface area contributed by atoms with Gasteiger partial charge in [-0.2, -0.15) is 0 Å². The second kappa shape index (κ2) is 4.38. The average Bonchev–Trinajstić information content (AvgIpc) is 2.70. The van der Waals surface area contributed by atoms with E-state index in [-0.39, 0.29) is 0 Å². The van der Waals surface area contributed by atoms with Crippen molar-refractivity contribution in [3.8, 4) is 0 Å². The van der Waals surface area contributed by atoms with Crippen LogP contribution in [0.2, 0.25) is 5.15 Å². The van der Waals surface area contributed by atoms with Crippen molar-refractivity contribution in [2.75, 3.05) is 0 Å². The van der Waals surface area contributed by atoms with Crippen molar-refractivity contribution in [3.05, 3.63) is 17.2 Å². The van der Waals surface area contributed by atoms with Crippen LogP contribution in [0.3, 0.4) is 0 Å². The van der Waals surface area contributed by atoms with Gasteiger partial charge < -0.3 is 9.88 Å². The SMILES string of the molecule is Cn1c(Cl)cnc1CNC1CCC(C)(C)C1. The van der Waals surface area contributed by atoms with Crippen LogP contribution in [-0.2, 0) is 13.6 Å². The molecule has 0 bridgehead atoms. The van der Waals surface area contributed by atoms with Crippen molar-refractivity contribution in [1.82, 2.24) is 14.9 Å². The standard InChI is InChI=1S/C12H20ClN3/c1-12(2)5-4-9(6-12)14-8-11-15-7-10(13)16(11)3/h7,9,14H,4-6,8H2,1-3H3. The summed E-state index contributed by atoms with van der Waals surface area (Å²) in [6, 6.07) is 0.630. The summed E-state index contributed by atoms with van der Waals surface area (Å²) in [5, 5.41) is 4.26. The predicted octanol–water partition coefficient (Wildman–Crippen LogP) is 2.74. The lowest BCUT2D eigenvalue weighted by molar-refractivity contribution is 0.363. The molecular formula is C12H20ClN3. The van der Waals surface area contributed by atoms with E-state index in [0.717, 1.165) is 12.4 Å². The Hall–Kier alpha value is -0.540. The molecule has 1 unspecified atom stereocenters. The van der Waals surface area contributed by atoms with Crippen LogP contribution in [-0.4, -0.2) is 15.6 Å². The zero-order valence-corrected chi connectivity index (χ0v) is 11.0.